The first-order valence-corrected chi connectivity index (χ1v) is 6.70. The lowest BCUT2D eigenvalue weighted by Gasteiger charge is -2.27. The Morgan fingerprint density at radius 3 is 2.71 bits per heavy atom. The van der Waals surface area contributed by atoms with E-state index >= 15 is 0 Å². The topological polar surface area (TPSA) is 29.9 Å². The van der Waals surface area contributed by atoms with Crippen molar-refractivity contribution < 1.29 is 0 Å². The van der Waals surface area contributed by atoms with Gasteiger partial charge in [-0.05, 0) is 17.8 Å². The van der Waals surface area contributed by atoms with Crippen molar-refractivity contribution in [2.24, 2.45) is 11.3 Å². The smallest absolute Gasteiger partial charge is 0.202 e. The third-order valence-electron chi connectivity index (χ3n) is 3.51. The lowest BCUT2D eigenvalue weighted by molar-refractivity contribution is 0.274. The number of anilines is 1. The molecule has 0 fully saturated rings. The first-order valence-electron chi connectivity index (χ1n) is 6.70. The van der Waals surface area contributed by atoms with Crippen molar-refractivity contribution in [3.63, 3.8) is 0 Å². The molecule has 0 amide bonds. The quantitative estimate of drug-likeness (QED) is 0.816. The molecule has 0 saturated carbocycles. The molecule has 0 aliphatic rings. The van der Waals surface area contributed by atoms with Gasteiger partial charge in [0.25, 0.3) is 0 Å². The zero-order chi connectivity index (χ0) is 12.9. The van der Waals surface area contributed by atoms with Gasteiger partial charge in [-0.1, -0.05) is 41.0 Å². The van der Waals surface area contributed by atoms with Crippen LogP contribution in [0.3, 0.4) is 0 Å². The van der Waals surface area contributed by atoms with Crippen molar-refractivity contribution in [1.29, 1.82) is 0 Å². The number of unbranched alkanes of at least 4 members (excludes halogenated alkanes) is 1. The number of aryl methyl sites for hydroxylation is 1. The van der Waals surface area contributed by atoms with Crippen molar-refractivity contribution in [2.45, 2.75) is 54.0 Å². The van der Waals surface area contributed by atoms with Crippen LogP contribution in [0.5, 0.6) is 0 Å². The average Bonchev–Trinajstić information content (AvgIpc) is 2.69. The summed E-state index contributed by atoms with van der Waals surface area (Å²) in [5.41, 5.74) is 0.341. The molecule has 3 heteroatoms. The molecule has 0 aromatic carbocycles. The van der Waals surface area contributed by atoms with Crippen LogP contribution >= 0.6 is 0 Å². The second-order valence-corrected chi connectivity index (χ2v) is 5.95. The molecule has 1 aromatic heterocycles. The molecule has 0 saturated heterocycles. The molecule has 1 rings (SSSR count). The van der Waals surface area contributed by atoms with Crippen LogP contribution in [-0.4, -0.2) is 16.1 Å². The first kappa shape index (κ1) is 14.1. The van der Waals surface area contributed by atoms with E-state index in [1.165, 1.54) is 12.8 Å². The van der Waals surface area contributed by atoms with E-state index in [1.54, 1.807) is 0 Å². The molecule has 3 nitrogen and oxygen atoms in total. The number of nitrogens with one attached hydrogen (secondary N) is 1. The lowest BCUT2D eigenvalue weighted by Crippen LogP contribution is -2.25. The van der Waals surface area contributed by atoms with Gasteiger partial charge in [-0.25, -0.2) is 4.98 Å². The van der Waals surface area contributed by atoms with E-state index < -0.39 is 0 Å². The third kappa shape index (κ3) is 4.41. The standard InChI is InChI=1S/C14H27N3/c1-6-7-9-17-10-8-15-13(17)16-11-12(2)14(3,4)5/h8,10,12H,6-7,9,11H2,1-5H3,(H,15,16). The Hall–Kier alpha value is -0.990. The summed E-state index contributed by atoms with van der Waals surface area (Å²) in [6.45, 7) is 13.4. The summed E-state index contributed by atoms with van der Waals surface area (Å²) in [6.07, 6.45) is 6.36. The second kappa shape index (κ2) is 6.08. The monoisotopic (exact) mass is 237 g/mol. The predicted octanol–water partition coefficient (Wildman–Crippen LogP) is 3.78. The Labute approximate surface area is 106 Å². The molecule has 1 unspecified atom stereocenters. The Bertz CT molecular complexity index is 322. The van der Waals surface area contributed by atoms with Crippen LogP contribution in [0.2, 0.25) is 0 Å². The van der Waals surface area contributed by atoms with Gasteiger partial charge < -0.3 is 9.88 Å². The largest absolute Gasteiger partial charge is 0.355 e. The number of hydrogen-bond acceptors (Lipinski definition) is 2. The van der Waals surface area contributed by atoms with Crippen LogP contribution in [0.4, 0.5) is 5.95 Å². The minimum atomic E-state index is 0.341. The number of rotatable bonds is 6. The molecule has 1 N–H and O–H groups in total. The molecule has 0 radical (unpaired) electrons. The van der Waals surface area contributed by atoms with Crippen molar-refractivity contribution in [1.82, 2.24) is 9.55 Å². The zero-order valence-electron chi connectivity index (χ0n) is 12.0. The van der Waals surface area contributed by atoms with Gasteiger partial charge in [-0.15, -0.1) is 0 Å². The summed E-state index contributed by atoms with van der Waals surface area (Å²) >= 11 is 0. The minimum absolute atomic E-state index is 0.341. The van der Waals surface area contributed by atoms with Crippen molar-refractivity contribution in [3.05, 3.63) is 12.4 Å². The van der Waals surface area contributed by atoms with Crippen LogP contribution in [0.1, 0.15) is 47.5 Å². The predicted molar refractivity (Wildman–Crippen MR) is 74.2 cm³/mol. The van der Waals surface area contributed by atoms with E-state index in [-0.39, 0.29) is 0 Å². The lowest BCUT2D eigenvalue weighted by atomic mass is 9.82. The maximum absolute atomic E-state index is 4.37. The van der Waals surface area contributed by atoms with Gasteiger partial charge in [0.2, 0.25) is 5.95 Å². The fraction of sp³-hybridized carbons (Fsp3) is 0.786. The first-order chi connectivity index (χ1) is 7.95. The van der Waals surface area contributed by atoms with E-state index in [0.29, 0.717) is 11.3 Å². The molecule has 0 aliphatic carbocycles. The van der Waals surface area contributed by atoms with Crippen molar-refractivity contribution >= 4 is 5.95 Å². The summed E-state index contributed by atoms with van der Waals surface area (Å²) in [4.78, 5) is 4.37. The molecule has 0 spiro atoms. The maximum Gasteiger partial charge on any atom is 0.202 e. The SMILES string of the molecule is CCCCn1ccnc1NCC(C)C(C)(C)C. The number of nitrogens with zero attached hydrogens (tertiary/aromatic N) is 2. The molecule has 0 bridgehead atoms. The number of hydrogen-bond donors (Lipinski definition) is 1. The average molecular weight is 237 g/mol. The Balaban J connectivity index is 2.49. The van der Waals surface area contributed by atoms with Crippen molar-refractivity contribution in [2.75, 3.05) is 11.9 Å². The highest BCUT2D eigenvalue weighted by atomic mass is 15.2. The molecule has 0 aliphatic heterocycles. The molecule has 1 heterocycles. The Morgan fingerprint density at radius 1 is 1.41 bits per heavy atom. The van der Waals surface area contributed by atoms with Gasteiger partial charge in [0, 0.05) is 25.5 Å². The van der Waals surface area contributed by atoms with Gasteiger partial charge in [-0.3, -0.25) is 0 Å². The molecule has 1 aromatic rings. The van der Waals surface area contributed by atoms with E-state index in [0.717, 1.165) is 19.0 Å². The van der Waals surface area contributed by atoms with Gasteiger partial charge in [0.1, 0.15) is 0 Å². The summed E-state index contributed by atoms with van der Waals surface area (Å²) in [5, 5.41) is 3.46. The van der Waals surface area contributed by atoms with Crippen LogP contribution in [-0.2, 0) is 6.54 Å². The Morgan fingerprint density at radius 2 is 2.12 bits per heavy atom. The molecule has 98 valence electrons. The van der Waals surface area contributed by atoms with Crippen LogP contribution in [0.25, 0.3) is 0 Å². The van der Waals surface area contributed by atoms with Crippen LogP contribution in [0.15, 0.2) is 12.4 Å². The van der Waals surface area contributed by atoms with Gasteiger partial charge in [-0.2, -0.15) is 0 Å². The minimum Gasteiger partial charge on any atom is -0.355 e. The van der Waals surface area contributed by atoms with E-state index in [2.05, 4.69) is 55.7 Å². The second-order valence-electron chi connectivity index (χ2n) is 5.95. The summed E-state index contributed by atoms with van der Waals surface area (Å²) in [5.74, 6) is 1.63. The van der Waals surface area contributed by atoms with Gasteiger partial charge in [0.15, 0.2) is 0 Å². The number of imidazole rings is 1. The normalized spacial score (nSPS) is 13.7. The van der Waals surface area contributed by atoms with Gasteiger partial charge >= 0.3 is 0 Å². The summed E-state index contributed by atoms with van der Waals surface area (Å²) in [7, 11) is 0. The van der Waals surface area contributed by atoms with E-state index in [9.17, 15) is 0 Å². The molecule has 1 atom stereocenters. The highest BCUT2D eigenvalue weighted by Gasteiger charge is 2.19. The fourth-order valence-electron chi connectivity index (χ4n) is 1.54. The maximum atomic E-state index is 4.37. The van der Waals surface area contributed by atoms with Gasteiger partial charge in [0.05, 0.1) is 0 Å². The molecular formula is C14H27N3. The summed E-state index contributed by atoms with van der Waals surface area (Å²) in [6, 6.07) is 0. The van der Waals surface area contributed by atoms with E-state index in [4.69, 9.17) is 0 Å². The highest BCUT2D eigenvalue weighted by molar-refractivity contribution is 5.25. The van der Waals surface area contributed by atoms with E-state index in [1.807, 2.05) is 6.20 Å². The van der Waals surface area contributed by atoms with Crippen LogP contribution < -0.4 is 5.32 Å². The highest BCUT2D eigenvalue weighted by Crippen LogP contribution is 2.25. The third-order valence-corrected chi connectivity index (χ3v) is 3.51. The molecular weight excluding hydrogens is 210 g/mol. The zero-order valence-corrected chi connectivity index (χ0v) is 12.0. The Kier molecular flexibility index (Phi) is 5.03. The summed E-state index contributed by atoms with van der Waals surface area (Å²) < 4.78 is 2.21. The fourth-order valence-corrected chi connectivity index (χ4v) is 1.54. The number of aromatic nitrogens is 2. The molecule has 17 heavy (non-hydrogen) atoms. The van der Waals surface area contributed by atoms with Crippen molar-refractivity contribution in [3.8, 4) is 0 Å². The van der Waals surface area contributed by atoms with Crippen LogP contribution in [0, 0.1) is 11.3 Å².